The molecule has 6 atom stereocenters. The fraction of sp³-hybridized carbons (Fsp3) is 0.500. The Morgan fingerprint density at radius 1 is 1.19 bits per heavy atom. The first-order valence-electron chi connectivity index (χ1n) is 14.5. The molecule has 2 aromatic rings. The maximum Gasteiger partial charge on any atom is 0.407 e. The molecule has 4 aliphatic rings. The second kappa shape index (κ2) is 10.5. The average Bonchev–Trinajstić information content (AvgIpc) is 3.49. The molecule has 9 nitrogen and oxygen atoms in total. The molecule has 0 radical (unpaired) electrons. The summed E-state index contributed by atoms with van der Waals surface area (Å²) in [5.41, 5.74) is -0.0101. The molecule has 2 fully saturated rings. The first-order valence-corrected chi connectivity index (χ1v) is 14.9. The van der Waals surface area contributed by atoms with Crippen molar-refractivity contribution in [1.29, 1.82) is 0 Å². The molecule has 1 spiro atoms. The number of fused-ring (bicyclic) bond motifs is 1. The molecular formula is C32H38ClN3O6. The van der Waals surface area contributed by atoms with Gasteiger partial charge in [0.05, 0.1) is 19.7 Å². The SMILES string of the molecule is CC[C@]12C=CCN3CC[C@@]4(c5ccc(OC)cc5N(C)[C@H]4[C@@](O)(CNC(=O)OCc4cccc(Cl)c4)[C@@H]1OC(C)=O)[C@@H]32. The highest BCUT2D eigenvalue weighted by Crippen LogP contribution is 2.67. The molecule has 10 heteroatoms. The Balaban J connectivity index is 1.43. The summed E-state index contributed by atoms with van der Waals surface area (Å²) in [6.07, 6.45) is 4.10. The molecular weight excluding hydrogens is 558 g/mol. The number of anilines is 1. The van der Waals surface area contributed by atoms with Crippen molar-refractivity contribution in [2.75, 3.05) is 38.7 Å². The molecule has 1 aliphatic carbocycles. The molecule has 6 rings (SSSR count). The van der Waals surface area contributed by atoms with Crippen LogP contribution in [0.25, 0.3) is 0 Å². The largest absolute Gasteiger partial charge is 0.497 e. The molecule has 3 heterocycles. The van der Waals surface area contributed by atoms with Crippen LogP contribution in [0.3, 0.4) is 0 Å². The van der Waals surface area contributed by atoms with E-state index in [0.717, 1.165) is 42.1 Å². The van der Waals surface area contributed by atoms with Crippen LogP contribution in [0, 0.1) is 5.41 Å². The zero-order valence-corrected chi connectivity index (χ0v) is 25.2. The summed E-state index contributed by atoms with van der Waals surface area (Å²) in [6.45, 7) is 4.92. The second-order valence-corrected chi connectivity index (χ2v) is 12.4. The first kappa shape index (κ1) is 28.8. The summed E-state index contributed by atoms with van der Waals surface area (Å²) in [5.74, 6) is 0.240. The van der Waals surface area contributed by atoms with E-state index in [0.29, 0.717) is 11.4 Å². The van der Waals surface area contributed by atoms with Crippen molar-refractivity contribution >= 4 is 29.4 Å². The minimum atomic E-state index is -1.67. The molecule has 0 unspecified atom stereocenters. The summed E-state index contributed by atoms with van der Waals surface area (Å²) in [7, 11) is 3.60. The number of methoxy groups -OCH3 is 1. The maximum atomic E-state index is 13.0. The van der Waals surface area contributed by atoms with E-state index >= 15 is 0 Å². The minimum absolute atomic E-state index is 0.0232. The smallest absolute Gasteiger partial charge is 0.407 e. The lowest BCUT2D eigenvalue weighted by molar-refractivity contribution is -0.217. The zero-order chi connectivity index (χ0) is 29.9. The van der Waals surface area contributed by atoms with Crippen molar-refractivity contribution in [3.8, 4) is 5.75 Å². The normalized spacial score (nSPS) is 32.5. The van der Waals surface area contributed by atoms with E-state index in [9.17, 15) is 14.7 Å². The van der Waals surface area contributed by atoms with Crippen LogP contribution in [0.2, 0.25) is 5.02 Å². The van der Waals surface area contributed by atoms with E-state index < -0.39 is 40.6 Å². The van der Waals surface area contributed by atoms with Gasteiger partial charge in [0.25, 0.3) is 0 Å². The van der Waals surface area contributed by atoms with E-state index in [1.54, 1.807) is 25.3 Å². The van der Waals surface area contributed by atoms with Gasteiger partial charge in [-0.3, -0.25) is 9.69 Å². The molecule has 1 saturated carbocycles. The van der Waals surface area contributed by atoms with E-state index in [1.807, 2.05) is 25.2 Å². The summed E-state index contributed by atoms with van der Waals surface area (Å²) < 4.78 is 17.2. The molecule has 1 amide bonds. The number of nitrogens with zero attached hydrogens (tertiary/aromatic N) is 2. The van der Waals surface area contributed by atoms with Crippen LogP contribution < -0.4 is 15.0 Å². The van der Waals surface area contributed by atoms with Gasteiger partial charge in [-0.2, -0.15) is 0 Å². The Morgan fingerprint density at radius 3 is 2.71 bits per heavy atom. The lowest BCUT2D eigenvalue weighted by Crippen LogP contribution is -2.81. The van der Waals surface area contributed by atoms with Gasteiger partial charge in [0.2, 0.25) is 0 Å². The Kier molecular flexibility index (Phi) is 7.19. The van der Waals surface area contributed by atoms with Crippen LogP contribution in [0.4, 0.5) is 10.5 Å². The highest BCUT2D eigenvalue weighted by Gasteiger charge is 2.77. The van der Waals surface area contributed by atoms with Gasteiger partial charge in [-0.05, 0) is 48.7 Å². The fourth-order valence-electron chi connectivity index (χ4n) is 8.68. The van der Waals surface area contributed by atoms with Gasteiger partial charge in [-0.1, -0.05) is 48.9 Å². The van der Waals surface area contributed by atoms with Gasteiger partial charge in [0.15, 0.2) is 0 Å². The van der Waals surface area contributed by atoms with E-state index in [1.165, 1.54) is 6.92 Å². The maximum absolute atomic E-state index is 13.0. The lowest BCUT2D eigenvalue weighted by Gasteiger charge is -2.64. The molecule has 0 aromatic heterocycles. The third-order valence-corrected chi connectivity index (χ3v) is 10.2. The summed E-state index contributed by atoms with van der Waals surface area (Å²) >= 11 is 6.08. The van der Waals surface area contributed by atoms with Gasteiger partial charge >= 0.3 is 12.1 Å². The Morgan fingerprint density at radius 2 is 2.00 bits per heavy atom. The predicted molar refractivity (Wildman–Crippen MR) is 159 cm³/mol. The number of esters is 1. The van der Waals surface area contributed by atoms with Crippen LogP contribution in [-0.4, -0.2) is 79.6 Å². The number of aliphatic hydroxyl groups is 1. The molecule has 224 valence electrons. The predicted octanol–water partition coefficient (Wildman–Crippen LogP) is 4.05. The van der Waals surface area contributed by atoms with Crippen molar-refractivity contribution in [3.63, 3.8) is 0 Å². The van der Waals surface area contributed by atoms with E-state index in [4.69, 9.17) is 25.8 Å². The Hall–Kier alpha value is -3.27. The molecule has 1 saturated heterocycles. The number of amides is 1. The van der Waals surface area contributed by atoms with Gasteiger partial charge < -0.3 is 29.5 Å². The Labute approximate surface area is 251 Å². The number of likely N-dealkylation sites (N-methyl/N-ethyl adjacent to an activating group) is 1. The number of halogens is 1. The number of carbonyl (C=O) groups excluding carboxylic acids is 2. The number of ether oxygens (including phenoxy) is 3. The molecule has 3 aliphatic heterocycles. The monoisotopic (exact) mass is 595 g/mol. The lowest BCUT2D eigenvalue weighted by atomic mass is 9.47. The van der Waals surface area contributed by atoms with Crippen LogP contribution in [0.1, 0.15) is 37.8 Å². The molecule has 0 bridgehead atoms. The van der Waals surface area contributed by atoms with Crippen molar-refractivity contribution in [1.82, 2.24) is 10.2 Å². The summed E-state index contributed by atoms with van der Waals surface area (Å²) in [4.78, 5) is 30.3. The summed E-state index contributed by atoms with van der Waals surface area (Å²) in [5, 5.41) is 16.4. The van der Waals surface area contributed by atoms with Crippen LogP contribution in [0.5, 0.6) is 5.75 Å². The highest BCUT2D eigenvalue weighted by atomic mass is 35.5. The number of alkyl carbamates (subject to hydrolysis) is 1. The van der Waals surface area contributed by atoms with Gasteiger partial charge in [0.1, 0.15) is 24.1 Å². The standard InChI is InChI=1S/C32H38ClN3O6/c1-5-30-12-7-14-36-15-13-31(26(30)36)24-11-10-23(40-4)17-25(24)35(3)27(31)32(39,28(30)42-20(2)37)19-34-29(38)41-18-21-8-6-9-22(33)16-21/h6-12,16-17,26-28,39H,5,13-15,18-19H2,1-4H3,(H,34,38)/t26-,27+,28+,30+,31+,32-/m0/s1. The van der Waals surface area contributed by atoms with Crippen molar-refractivity contribution in [2.45, 2.75) is 62.5 Å². The molecule has 42 heavy (non-hydrogen) atoms. The fourth-order valence-corrected chi connectivity index (χ4v) is 8.90. The highest BCUT2D eigenvalue weighted by molar-refractivity contribution is 6.30. The van der Waals surface area contributed by atoms with Crippen molar-refractivity contribution in [3.05, 3.63) is 70.8 Å². The number of benzene rings is 2. The topological polar surface area (TPSA) is 101 Å². The van der Waals surface area contributed by atoms with Crippen molar-refractivity contribution < 1.29 is 28.9 Å². The number of carbonyl (C=O) groups is 2. The quantitative estimate of drug-likeness (QED) is 0.365. The van der Waals surface area contributed by atoms with Crippen LogP contribution in [-0.2, 0) is 26.3 Å². The second-order valence-electron chi connectivity index (χ2n) is 12.0. The third-order valence-electron chi connectivity index (χ3n) is 9.99. The zero-order valence-electron chi connectivity index (χ0n) is 24.4. The summed E-state index contributed by atoms with van der Waals surface area (Å²) in [6, 6.07) is 12.7. The average molecular weight is 596 g/mol. The van der Waals surface area contributed by atoms with Gasteiger partial charge in [-0.25, -0.2) is 4.79 Å². The van der Waals surface area contributed by atoms with Crippen LogP contribution >= 0.6 is 11.6 Å². The number of rotatable bonds is 7. The number of hydrogen-bond donors (Lipinski definition) is 2. The first-order chi connectivity index (χ1) is 20.1. The van der Waals surface area contributed by atoms with E-state index in [-0.39, 0.29) is 19.2 Å². The van der Waals surface area contributed by atoms with Crippen molar-refractivity contribution in [2.24, 2.45) is 5.41 Å². The molecule has 2 N–H and O–H groups in total. The van der Waals surface area contributed by atoms with Crippen LogP contribution in [0.15, 0.2) is 54.6 Å². The van der Waals surface area contributed by atoms with Gasteiger partial charge in [-0.15, -0.1) is 0 Å². The third kappa shape index (κ3) is 4.12. The number of nitrogens with one attached hydrogen (secondary N) is 1. The molecule has 2 aromatic carbocycles. The minimum Gasteiger partial charge on any atom is -0.497 e. The van der Waals surface area contributed by atoms with E-state index in [2.05, 4.69) is 40.3 Å². The number of hydrogen-bond acceptors (Lipinski definition) is 8. The van der Waals surface area contributed by atoms with Gasteiger partial charge in [0, 0.05) is 54.2 Å². The Bertz CT molecular complexity index is 1430.